The molecule has 1 unspecified atom stereocenters. The molecule has 0 aromatic heterocycles. The molecule has 4 fully saturated rings. The van der Waals surface area contributed by atoms with E-state index in [0.717, 1.165) is 24.7 Å². The van der Waals surface area contributed by atoms with Crippen LogP contribution in [0.5, 0.6) is 0 Å². The number of esters is 1. The van der Waals surface area contributed by atoms with Crippen molar-refractivity contribution in [1.82, 2.24) is 0 Å². The Balaban J connectivity index is 1.42. The molecule has 0 spiro atoms. The number of hydrogen-bond donors (Lipinski definition) is 0. The SMILES string of the molecule is CCC(CC(C)(C)C(=O)OC1C2CC3CC(C2)CC1C3)c1ccc(C)cc1. The molecule has 0 radical (unpaired) electrons. The zero-order valence-corrected chi connectivity index (χ0v) is 17.5. The van der Waals surface area contributed by atoms with Crippen molar-refractivity contribution in [3.8, 4) is 0 Å². The van der Waals surface area contributed by atoms with Gasteiger partial charge in [0.2, 0.25) is 0 Å². The lowest BCUT2D eigenvalue weighted by atomic mass is 9.55. The summed E-state index contributed by atoms with van der Waals surface area (Å²) in [5, 5.41) is 0. The van der Waals surface area contributed by atoms with E-state index in [1.807, 2.05) is 0 Å². The maximum absolute atomic E-state index is 13.2. The van der Waals surface area contributed by atoms with Crippen molar-refractivity contribution in [3.05, 3.63) is 35.4 Å². The molecular formula is C25H36O2. The minimum Gasteiger partial charge on any atom is -0.461 e. The van der Waals surface area contributed by atoms with Gasteiger partial charge in [0.15, 0.2) is 0 Å². The van der Waals surface area contributed by atoms with E-state index < -0.39 is 5.41 Å². The van der Waals surface area contributed by atoms with Crippen LogP contribution >= 0.6 is 0 Å². The van der Waals surface area contributed by atoms with Crippen molar-refractivity contribution in [2.45, 2.75) is 84.7 Å². The van der Waals surface area contributed by atoms with Crippen LogP contribution in [-0.2, 0) is 9.53 Å². The van der Waals surface area contributed by atoms with E-state index in [-0.39, 0.29) is 12.1 Å². The summed E-state index contributed by atoms with van der Waals surface area (Å²) in [6.07, 6.45) is 8.74. The van der Waals surface area contributed by atoms with Gasteiger partial charge >= 0.3 is 5.97 Å². The van der Waals surface area contributed by atoms with Crippen molar-refractivity contribution in [2.24, 2.45) is 29.1 Å². The molecule has 1 atom stereocenters. The predicted molar refractivity (Wildman–Crippen MR) is 110 cm³/mol. The van der Waals surface area contributed by atoms with Crippen molar-refractivity contribution >= 4 is 5.97 Å². The first-order valence-corrected chi connectivity index (χ1v) is 11.1. The van der Waals surface area contributed by atoms with Gasteiger partial charge in [-0.1, -0.05) is 36.8 Å². The van der Waals surface area contributed by atoms with E-state index in [0.29, 0.717) is 17.8 Å². The van der Waals surface area contributed by atoms with Crippen LogP contribution in [0, 0.1) is 36.0 Å². The maximum Gasteiger partial charge on any atom is 0.311 e. The van der Waals surface area contributed by atoms with E-state index in [9.17, 15) is 4.79 Å². The van der Waals surface area contributed by atoms with Crippen LogP contribution in [0.2, 0.25) is 0 Å². The molecule has 4 aliphatic carbocycles. The molecule has 0 N–H and O–H groups in total. The molecule has 4 saturated carbocycles. The Morgan fingerprint density at radius 3 is 2.11 bits per heavy atom. The van der Waals surface area contributed by atoms with Gasteiger partial charge in [-0.05, 0) is 101 Å². The van der Waals surface area contributed by atoms with Crippen LogP contribution in [0.25, 0.3) is 0 Å². The van der Waals surface area contributed by atoms with Gasteiger partial charge in [0.1, 0.15) is 6.10 Å². The predicted octanol–water partition coefficient (Wildman–Crippen LogP) is 6.27. The standard InChI is InChI=1S/C25H36O2/c1-5-19(20-8-6-16(2)7-9-20)15-25(3,4)24(26)27-23-21-11-17-10-18(13-21)14-22(23)12-17/h6-9,17-19,21-23H,5,10-15H2,1-4H3. The summed E-state index contributed by atoms with van der Waals surface area (Å²) >= 11 is 0. The van der Waals surface area contributed by atoms with Gasteiger partial charge in [-0.15, -0.1) is 0 Å². The molecule has 148 valence electrons. The monoisotopic (exact) mass is 368 g/mol. The van der Waals surface area contributed by atoms with E-state index in [4.69, 9.17) is 4.74 Å². The number of carbonyl (C=O) groups excluding carboxylic acids is 1. The summed E-state index contributed by atoms with van der Waals surface area (Å²) in [5.41, 5.74) is 2.20. The molecule has 27 heavy (non-hydrogen) atoms. The minimum atomic E-state index is -0.430. The molecule has 0 aliphatic heterocycles. The van der Waals surface area contributed by atoms with Gasteiger partial charge < -0.3 is 4.74 Å². The van der Waals surface area contributed by atoms with E-state index in [2.05, 4.69) is 52.0 Å². The Kier molecular flexibility index (Phi) is 5.12. The van der Waals surface area contributed by atoms with Crippen LogP contribution < -0.4 is 0 Å². The first kappa shape index (κ1) is 19.0. The summed E-state index contributed by atoms with van der Waals surface area (Å²) in [6, 6.07) is 8.81. The quantitative estimate of drug-likeness (QED) is 0.553. The zero-order valence-electron chi connectivity index (χ0n) is 17.5. The van der Waals surface area contributed by atoms with Gasteiger partial charge in [0, 0.05) is 0 Å². The van der Waals surface area contributed by atoms with Crippen LogP contribution in [-0.4, -0.2) is 12.1 Å². The summed E-state index contributed by atoms with van der Waals surface area (Å²) < 4.78 is 6.25. The van der Waals surface area contributed by atoms with Crippen LogP contribution in [0.3, 0.4) is 0 Å². The molecular weight excluding hydrogens is 332 g/mol. The number of rotatable bonds is 6. The second-order valence-corrected chi connectivity index (χ2v) is 10.4. The fourth-order valence-electron chi connectivity index (χ4n) is 6.39. The average Bonchev–Trinajstić information content (AvgIpc) is 2.62. The normalized spacial score (nSPS) is 33.1. The molecule has 2 heteroatoms. The fourth-order valence-corrected chi connectivity index (χ4v) is 6.39. The third kappa shape index (κ3) is 3.82. The Morgan fingerprint density at radius 2 is 1.59 bits per heavy atom. The molecule has 1 aromatic carbocycles. The van der Waals surface area contributed by atoms with Crippen molar-refractivity contribution in [3.63, 3.8) is 0 Å². The molecule has 2 nitrogen and oxygen atoms in total. The van der Waals surface area contributed by atoms with E-state index in [1.54, 1.807) is 0 Å². The maximum atomic E-state index is 13.2. The second kappa shape index (κ2) is 7.26. The fraction of sp³-hybridized carbons (Fsp3) is 0.720. The Hall–Kier alpha value is -1.31. The average molecular weight is 369 g/mol. The van der Waals surface area contributed by atoms with Gasteiger partial charge in [-0.2, -0.15) is 0 Å². The topological polar surface area (TPSA) is 26.3 Å². The number of benzene rings is 1. The van der Waals surface area contributed by atoms with Crippen molar-refractivity contribution in [1.29, 1.82) is 0 Å². The highest BCUT2D eigenvalue weighted by Gasteiger charge is 2.50. The molecule has 0 heterocycles. The molecule has 1 aromatic rings. The third-order valence-corrected chi connectivity index (χ3v) is 7.73. The lowest BCUT2D eigenvalue weighted by Crippen LogP contribution is -2.51. The highest BCUT2D eigenvalue weighted by Crippen LogP contribution is 2.55. The van der Waals surface area contributed by atoms with Crippen LogP contribution in [0.4, 0.5) is 0 Å². The Labute approximate surface area is 165 Å². The smallest absolute Gasteiger partial charge is 0.311 e. The van der Waals surface area contributed by atoms with E-state index in [1.165, 1.54) is 43.2 Å². The highest BCUT2D eigenvalue weighted by molar-refractivity contribution is 5.76. The molecule has 4 bridgehead atoms. The van der Waals surface area contributed by atoms with Crippen molar-refractivity contribution in [2.75, 3.05) is 0 Å². The minimum absolute atomic E-state index is 0.0329. The largest absolute Gasteiger partial charge is 0.461 e. The lowest BCUT2D eigenvalue weighted by Gasteiger charge is -2.53. The molecule has 0 saturated heterocycles. The Bertz CT molecular complexity index is 644. The summed E-state index contributed by atoms with van der Waals surface area (Å²) in [6.45, 7) is 8.52. The van der Waals surface area contributed by atoms with Crippen LogP contribution in [0.1, 0.15) is 82.8 Å². The molecule has 4 aliphatic rings. The number of aryl methyl sites for hydroxylation is 1. The van der Waals surface area contributed by atoms with Gasteiger partial charge in [0.05, 0.1) is 5.41 Å². The number of ether oxygens (including phenoxy) is 1. The Morgan fingerprint density at radius 1 is 1.04 bits per heavy atom. The summed E-state index contributed by atoms with van der Waals surface area (Å²) in [4.78, 5) is 13.2. The zero-order chi connectivity index (χ0) is 19.2. The van der Waals surface area contributed by atoms with Crippen molar-refractivity contribution < 1.29 is 9.53 Å². The molecule has 5 rings (SSSR count). The first-order valence-electron chi connectivity index (χ1n) is 11.1. The highest BCUT2D eigenvalue weighted by atomic mass is 16.5. The van der Waals surface area contributed by atoms with Gasteiger partial charge in [0.25, 0.3) is 0 Å². The third-order valence-electron chi connectivity index (χ3n) is 7.73. The van der Waals surface area contributed by atoms with Gasteiger partial charge in [-0.3, -0.25) is 4.79 Å². The molecule has 0 amide bonds. The lowest BCUT2D eigenvalue weighted by molar-refractivity contribution is -0.181. The summed E-state index contributed by atoms with van der Waals surface area (Å²) in [5.74, 6) is 3.56. The summed E-state index contributed by atoms with van der Waals surface area (Å²) in [7, 11) is 0. The first-order chi connectivity index (χ1) is 12.9. The second-order valence-electron chi connectivity index (χ2n) is 10.4. The number of hydrogen-bond acceptors (Lipinski definition) is 2. The number of carbonyl (C=O) groups is 1. The van der Waals surface area contributed by atoms with E-state index >= 15 is 0 Å². The van der Waals surface area contributed by atoms with Gasteiger partial charge in [-0.25, -0.2) is 0 Å². The van der Waals surface area contributed by atoms with Crippen LogP contribution in [0.15, 0.2) is 24.3 Å².